The minimum atomic E-state index is 0.438. The summed E-state index contributed by atoms with van der Waals surface area (Å²) in [5.74, 6) is 3.05. The molecular weight excluding hydrogens is 352 g/mol. The van der Waals surface area contributed by atoms with Crippen LogP contribution in [-0.2, 0) is 6.42 Å². The zero-order chi connectivity index (χ0) is 21.8. The summed E-state index contributed by atoms with van der Waals surface area (Å²) in [7, 11) is 0. The van der Waals surface area contributed by atoms with E-state index < -0.39 is 0 Å². The first kappa shape index (κ1) is 25.8. The molecular formula is C28H48O. The van der Waals surface area contributed by atoms with Gasteiger partial charge in [0.2, 0.25) is 0 Å². The number of rotatable bonds is 14. The van der Waals surface area contributed by atoms with Crippen molar-refractivity contribution in [3.63, 3.8) is 0 Å². The molecule has 0 aromatic heterocycles. The van der Waals surface area contributed by atoms with Crippen LogP contribution in [0, 0.1) is 31.6 Å². The van der Waals surface area contributed by atoms with E-state index in [-0.39, 0.29) is 0 Å². The molecule has 1 aromatic carbocycles. The number of phenols is 1. The topological polar surface area (TPSA) is 20.2 Å². The van der Waals surface area contributed by atoms with Crippen LogP contribution >= 0.6 is 0 Å². The normalized spacial score (nSPS) is 14.4. The van der Waals surface area contributed by atoms with Gasteiger partial charge in [-0.1, -0.05) is 96.4 Å². The van der Waals surface area contributed by atoms with Crippen LogP contribution in [0.4, 0.5) is 0 Å². The number of aryl methyl sites for hydroxylation is 2. The number of hydrogen-bond donors (Lipinski definition) is 1. The Morgan fingerprint density at radius 2 is 1.31 bits per heavy atom. The van der Waals surface area contributed by atoms with Crippen molar-refractivity contribution in [3.8, 4) is 5.75 Å². The van der Waals surface area contributed by atoms with E-state index in [9.17, 15) is 5.11 Å². The standard InChI is InChI=1S/C28H48O/c1-21(2)11-8-12-22(3)13-9-14-23(4)15-10-16-24(5)17-18-27-19-25(6)28(29)26(7)20-27/h17,19-23,29H,8-16,18H2,1-7H3/b24-17+. The third-order valence-electron chi connectivity index (χ3n) is 6.38. The van der Waals surface area contributed by atoms with Crippen molar-refractivity contribution in [2.75, 3.05) is 0 Å². The molecule has 0 saturated carbocycles. The highest BCUT2D eigenvalue weighted by Crippen LogP contribution is 2.24. The summed E-state index contributed by atoms with van der Waals surface area (Å²) in [6.07, 6.45) is 15.6. The van der Waals surface area contributed by atoms with Gasteiger partial charge in [-0.05, 0) is 74.5 Å². The van der Waals surface area contributed by atoms with Gasteiger partial charge >= 0.3 is 0 Å². The number of phenolic OH excluding ortho intramolecular Hbond substituents is 1. The van der Waals surface area contributed by atoms with Crippen LogP contribution in [0.1, 0.15) is 109 Å². The van der Waals surface area contributed by atoms with Crippen LogP contribution in [0.2, 0.25) is 0 Å². The van der Waals surface area contributed by atoms with Gasteiger partial charge in [-0.2, -0.15) is 0 Å². The fraction of sp³-hybridized carbons (Fsp3) is 0.714. The van der Waals surface area contributed by atoms with Crippen molar-refractivity contribution in [2.24, 2.45) is 17.8 Å². The van der Waals surface area contributed by atoms with Crippen molar-refractivity contribution >= 4 is 0 Å². The van der Waals surface area contributed by atoms with Crippen molar-refractivity contribution in [1.82, 2.24) is 0 Å². The second-order valence-corrected chi connectivity index (χ2v) is 10.2. The molecule has 0 amide bonds. The highest BCUT2D eigenvalue weighted by atomic mass is 16.3. The van der Waals surface area contributed by atoms with Crippen LogP contribution in [-0.4, -0.2) is 5.11 Å². The monoisotopic (exact) mass is 400 g/mol. The molecule has 0 aliphatic heterocycles. The molecule has 0 heterocycles. The molecule has 0 fully saturated rings. The minimum absolute atomic E-state index is 0.438. The second kappa shape index (κ2) is 13.9. The van der Waals surface area contributed by atoms with E-state index in [4.69, 9.17) is 0 Å². The Morgan fingerprint density at radius 1 is 0.828 bits per heavy atom. The lowest BCUT2D eigenvalue weighted by Crippen LogP contribution is -2.00. The summed E-state index contributed by atoms with van der Waals surface area (Å²) >= 11 is 0. The molecule has 2 unspecified atom stereocenters. The summed E-state index contributed by atoms with van der Waals surface area (Å²) in [6, 6.07) is 4.22. The minimum Gasteiger partial charge on any atom is -0.507 e. The number of aromatic hydroxyl groups is 1. The van der Waals surface area contributed by atoms with E-state index in [1.54, 1.807) is 0 Å². The van der Waals surface area contributed by atoms with Crippen molar-refractivity contribution in [2.45, 2.75) is 113 Å². The molecule has 0 radical (unpaired) electrons. The molecule has 166 valence electrons. The van der Waals surface area contributed by atoms with Gasteiger partial charge in [0.1, 0.15) is 5.75 Å². The molecule has 0 spiro atoms. The number of benzene rings is 1. The zero-order valence-electron chi connectivity index (χ0n) is 20.5. The molecule has 1 heteroatoms. The van der Waals surface area contributed by atoms with Crippen LogP contribution in [0.3, 0.4) is 0 Å². The van der Waals surface area contributed by atoms with Crippen molar-refractivity contribution in [1.29, 1.82) is 0 Å². The first-order valence-corrected chi connectivity index (χ1v) is 12.1. The van der Waals surface area contributed by atoms with E-state index in [2.05, 4.69) is 52.8 Å². The maximum Gasteiger partial charge on any atom is 0.121 e. The molecule has 0 aliphatic rings. The molecule has 0 aliphatic carbocycles. The largest absolute Gasteiger partial charge is 0.507 e. The summed E-state index contributed by atoms with van der Waals surface area (Å²) in [5.41, 5.74) is 4.76. The van der Waals surface area contributed by atoms with Gasteiger partial charge in [0.25, 0.3) is 0 Å². The van der Waals surface area contributed by atoms with Crippen LogP contribution in [0.15, 0.2) is 23.8 Å². The Balaban J connectivity index is 2.19. The molecule has 0 saturated heterocycles. The third kappa shape index (κ3) is 11.5. The van der Waals surface area contributed by atoms with Gasteiger partial charge in [0.15, 0.2) is 0 Å². The lowest BCUT2D eigenvalue weighted by molar-refractivity contribution is 0.389. The van der Waals surface area contributed by atoms with Crippen LogP contribution in [0.5, 0.6) is 5.75 Å². The Kier molecular flexibility index (Phi) is 12.4. The molecule has 2 atom stereocenters. The van der Waals surface area contributed by atoms with Gasteiger partial charge in [-0.15, -0.1) is 0 Å². The Morgan fingerprint density at radius 3 is 1.83 bits per heavy atom. The van der Waals surface area contributed by atoms with E-state index in [1.807, 2.05) is 13.8 Å². The first-order valence-electron chi connectivity index (χ1n) is 12.1. The van der Waals surface area contributed by atoms with E-state index in [0.29, 0.717) is 5.75 Å². The Hall–Kier alpha value is -1.24. The summed E-state index contributed by atoms with van der Waals surface area (Å²) in [4.78, 5) is 0. The fourth-order valence-corrected chi connectivity index (χ4v) is 4.26. The number of hydrogen-bond acceptors (Lipinski definition) is 1. The van der Waals surface area contributed by atoms with Gasteiger partial charge < -0.3 is 5.11 Å². The number of allylic oxidation sites excluding steroid dienone is 2. The van der Waals surface area contributed by atoms with Crippen LogP contribution < -0.4 is 0 Å². The van der Waals surface area contributed by atoms with Crippen LogP contribution in [0.25, 0.3) is 0 Å². The van der Waals surface area contributed by atoms with Gasteiger partial charge in [0.05, 0.1) is 0 Å². The predicted octanol–water partition coefficient (Wildman–Crippen LogP) is 8.94. The predicted molar refractivity (Wildman–Crippen MR) is 130 cm³/mol. The van der Waals surface area contributed by atoms with E-state index in [0.717, 1.165) is 35.3 Å². The van der Waals surface area contributed by atoms with Crippen molar-refractivity contribution in [3.05, 3.63) is 40.5 Å². The summed E-state index contributed by atoms with van der Waals surface area (Å²) in [6.45, 7) is 15.8. The SMILES string of the molecule is C/C(=C\Cc1cc(C)c(O)c(C)c1)CCCC(C)CCCC(C)CCCC(C)C. The quantitative estimate of drug-likeness (QED) is 0.309. The second-order valence-electron chi connectivity index (χ2n) is 10.2. The first-order chi connectivity index (χ1) is 13.7. The highest BCUT2D eigenvalue weighted by molar-refractivity contribution is 5.42. The maximum absolute atomic E-state index is 9.91. The zero-order valence-corrected chi connectivity index (χ0v) is 20.5. The van der Waals surface area contributed by atoms with E-state index in [1.165, 1.54) is 68.9 Å². The Bertz CT molecular complexity index is 588. The molecule has 1 rings (SSSR count). The molecule has 1 N–H and O–H groups in total. The fourth-order valence-electron chi connectivity index (χ4n) is 4.26. The van der Waals surface area contributed by atoms with Gasteiger partial charge in [-0.25, -0.2) is 0 Å². The summed E-state index contributed by atoms with van der Waals surface area (Å²) < 4.78 is 0. The van der Waals surface area contributed by atoms with E-state index >= 15 is 0 Å². The smallest absolute Gasteiger partial charge is 0.121 e. The molecule has 29 heavy (non-hydrogen) atoms. The van der Waals surface area contributed by atoms with Gasteiger partial charge in [-0.3, -0.25) is 0 Å². The summed E-state index contributed by atoms with van der Waals surface area (Å²) in [5, 5.41) is 9.91. The van der Waals surface area contributed by atoms with Gasteiger partial charge in [0, 0.05) is 0 Å². The molecule has 1 nitrogen and oxygen atoms in total. The molecule has 0 bridgehead atoms. The highest BCUT2D eigenvalue weighted by Gasteiger charge is 2.07. The third-order valence-corrected chi connectivity index (χ3v) is 6.38. The van der Waals surface area contributed by atoms with Crippen molar-refractivity contribution < 1.29 is 5.11 Å². The average Bonchev–Trinajstić information content (AvgIpc) is 2.64. The lowest BCUT2D eigenvalue weighted by Gasteiger charge is -2.15. The maximum atomic E-state index is 9.91. The average molecular weight is 401 g/mol. The lowest BCUT2D eigenvalue weighted by atomic mass is 9.91. The molecule has 1 aromatic rings. The Labute approximate surface area is 182 Å².